The van der Waals surface area contributed by atoms with Gasteiger partial charge in [-0.05, 0) is 42.8 Å². The van der Waals surface area contributed by atoms with E-state index < -0.39 is 5.91 Å². The number of benzene rings is 2. The predicted molar refractivity (Wildman–Crippen MR) is 104 cm³/mol. The molecule has 1 N–H and O–H groups in total. The highest BCUT2D eigenvalue weighted by Gasteiger charge is 2.18. The molecule has 1 saturated heterocycles. The molecule has 3 rings (SSSR count). The van der Waals surface area contributed by atoms with Crippen LogP contribution >= 0.6 is 0 Å². The number of aryl methyl sites for hydroxylation is 1. The van der Waals surface area contributed by atoms with Gasteiger partial charge < -0.3 is 15.1 Å². The van der Waals surface area contributed by atoms with E-state index in [1.54, 1.807) is 18.3 Å². The highest BCUT2D eigenvalue weighted by molar-refractivity contribution is 6.06. The molecule has 0 bridgehead atoms. The number of nitrogens with one attached hydrogen (secondary N) is 1. The molecule has 138 valence electrons. The van der Waals surface area contributed by atoms with E-state index in [-0.39, 0.29) is 11.4 Å². The topological polar surface area (TPSA) is 59.4 Å². The van der Waals surface area contributed by atoms with Gasteiger partial charge in [0.05, 0.1) is 0 Å². The molecule has 0 atom stereocenters. The number of para-hydroxylation sites is 1. The van der Waals surface area contributed by atoms with Crippen LogP contribution in [0.1, 0.15) is 5.56 Å². The third kappa shape index (κ3) is 4.64. The van der Waals surface area contributed by atoms with Crippen molar-refractivity contribution < 1.29 is 9.18 Å². The summed E-state index contributed by atoms with van der Waals surface area (Å²) in [6, 6.07) is 15.9. The van der Waals surface area contributed by atoms with Crippen LogP contribution in [-0.2, 0) is 4.79 Å². The second kappa shape index (κ2) is 8.37. The van der Waals surface area contributed by atoms with Crippen LogP contribution in [0.3, 0.4) is 0 Å². The van der Waals surface area contributed by atoms with Crippen LogP contribution in [-0.4, -0.2) is 37.0 Å². The minimum absolute atomic E-state index is 0.0773. The average Bonchev–Trinajstić information content (AvgIpc) is 2.69. The second-order valence-electron chi connectivity index (χ2n) is 6.42. The number of halogens is 1. The van der Waals surface area contributed by atoms with E-state index in [0.717, 1.165) is 24.3 Å². The summed E-state index contributed by atoms with van der Waals surface area (Å²) in [7, 11) is 0. The molecule has 0 unspecified atom stereocenters. The van der Waals surface area contributed by atoms with E-state index in [0.29, 0.717) is 18.8 Å². The highest BCUT2D eigenvalue weighted by atomic mass is 19.1. The standard InChI is InChI=1S/C21H21FN4O/c1-16-4-2-3-5-20(16)24-21(27)17(14-23)15-25-10-12-26(13-11-25)19-8-6-18(22)7-9-19/h2-9,15H,10-13H2,1H3,(H,24,27)/b17-15-. The number of anilines is 2. The Kier molecular flexibility index (Phi) is 5.72. The molecule has 2 aromatic rings. The molecular formula is C21H21FN4O. The minimum atomic E-state index is -0.409. The van der Waals surface area contributed by atoms with Crippen molar-refractivity contribution in [3.63, 3.8) is 0 Å². The molecule has 0 aliphatic carbocycles. The first-order valence-corrected chi connectivity index (χ1v) is 8.80. The number of piperazine rings is 1. The Labute approximate surface area is 158 Å². The van der Waals surface area contributed by atoms with Gasteiger partial charge in [0.1, 0.15) is 17.5 Å². The Morgan fingerprint density at radius 3 is 2.41 bits per heavy atom. The quantitative estimate of drug-likeness (QED) is 0.668. The first kappa shape index (κ1) is 18.5. The summed E-state index contributed by atoms with van der Waals surface area (Å²) in [6.07, 6.45) is 1.62. The summed E-state index contributed by atoms with van der Waals surface area (Å²) < 4.78 is 13.1. The van der Waals surface area contributed by atoms with Crippen molar-refractivity contribution in [2.75, 3.05) is 36.4 Å². The van der Waals surface area contributed by atoms with E-state index in [1.807, 2.05) is 42.2 Å². The van der Waals surface area contributed by atoms with Gasteiger partial charge in [-0.15, -0.1) is 0 Å². The maximum absolute atomic E-state index is 13.1. The molecule has 1 aliphatic rings. The van der Waals surface area contributed by atoms with Crippen LogP contribution in [0, 0.1) is 24.1 Å². The van der Waals surface area contributed by atoms with Crippen LogP contribution in [0.15, 0.2) is 60.3 Å². The monoisotopic (exact) mass is 364 g/mol. The number of hydrogen-bond donors (Lipinski definition) is 1. The molecule has 2 aromatic carbocycles. The normalized spacial score (nSPS) is 14.6. The lowest BCUT2D eigenvalue weighted by atomic mass is 10.2. The van der Waals surface area contributed by atoms with Gasteiger partial charge in [0.25, 0.3) is 5.91 Å². The maximum Gasteiger partial charge on any atom is 0.267 e. The SMILES string of the molecule is Cc1ccccc1NC(=O)/C(C#N)=C\N1CCN(c2ccc(F)cc2)CC1. The lowest BCUT2D eigenvalue weighted by Crippen LogP contribution is -2.44. The Bertz CT molecular complexity index is 878. The van der Waals surface area contributed by atoms with Crippen molar-refractivity contribution in [1.82, 2.24) is 4.90 Å². The number of amides is 1. The van der Waals surface area contributed by atoms with Crippen LogP contribution in [0.25, 0.3) is 0 Å². The molecular weight excluding hydrogens is 343 g/mol. The lowest BCUT2D eigenvalue weighted by Gasteiger charge is -2.35. The number of nitrogens with zero attached hydrogens (tertiary/aromatic N) is 3. The van der Waals surface area contributed by atoms with E-state index in [1.165, 1.54) is 12.1 Å². The van der Waals surface area contributed by atoms with E-state index in [2.05, 4.69) is 10.2 Å². The van der Waals surface area contributed by atoms with Crippen LogP contribution in [0.4, 0.5) is 15.8 Å². The zero-order valence-corrected chi connectivity index (χ0v) is 15.2. The fraction of sp³-hybridized carbons (Fsp3) is 0.238. The fourth-order valence-corrected chi connectivity index (χ4v) is 2.98. The molecule has 0 saturated carbocycles. The minimum Gasteiger partial charge on any atom is -0.373 e. The first-order valence-electron chi connectivity index (χ1n) is 8.80. The summed E-state index contributed by atoms with van der Waals surface area (Å²) in [5.74, 6) is -0.661. The van der Waals surface area contributed by atoms with Gasteiger partial charge >= 0.3 is 0 Å². The van der Waals surface area contributed by atoms with Gasteiger partial charge in [0.2, 0.25) is 0 Å². The summed E-state index contributed by atoms with van der Waals surface area (Å²) in [5.41, 5.74) is 2.69. The molecule has 1 fully saturated rings. The van der Waals surface area contributed by atoms with Gasteiger partial charge in [-0.25, -0.2) is 4.39 Å². The van der Waals surface area contributed by atoms with Crippen molar-refractivity contribution in [3.05, 3.63) is 71.7 Å². The van der Waals surface area contributed by atoms with Crippen molar-refractivity contribution >= 4 is 17.3 Å². The van der Waals surface area contributed by atoms with E-state index in [9.17, 15) is 14.4 Å². The molecule has 1 aliphatic heterocycles. The largest absolute Gasteiger partial charge is 0.373 e. The molecule has 6 heteroatoms. The van der Waals surface area contributed by atoms with Gasteiger partial charge in [-0.2, -0.15) is 5.26 Å². The third-order valence-electron chi connectivity index (χ3n) is 4.58. The Balaban J connectivity index is 1.62. The Morgan fingerprint density at radius 1 is 1.11 bits per heavy atom. The molecule has 0 radical (unpaired) electrons. The Morgan fingerprint density at radius 2 is 1.78 bits per heavy atom. The lowest BCUT2D eigenvalue weighted by molar-refractivity contribution is -0.112. The first-order chi connectivity index (χ1) is 13.1. The average molecular weight is 364 g/mol. The smallest absolute Gasteiger partial charge is 0.267 e. The van der Waals surface area contributed by atoms with Crippen molar-refractivity contribution in [2.45, 2.75) is 6.92 Å². The molecule has 0 aromatic heterocycles. The van der Waals surface area contributed by atoms with Crippen LogP contribution < -0.4 is 10.2 Å². The highest BCUT2D eigenvalue weighted by Crippen LogP contribution is 2.18. The van der Waals surface area contributed by atoms with E-state index >= 15 is 0 Å². The number of carbonyl (C=O) groups is 1. The zero-order chi connectivity index (χ0) is 19.2. The van der Waals surface area contributed by atoms with Crippen molar-refractivity contribution in [1.29, 1.82) is 5.26 Å². The molecule has 1 heterocycles. The number of rotatable bonds is 4. The predicted octanol–water partition coefficient (Wildman–Crippen LogP) is 3.30. The Hall–Kier alpha value is -3.33. The number of hydrogen-bond acceptors (Lipinski definition) is 4. The summed E-state index contributed by atoms with van der Waals surface area (Å²) >= 11 is 0. The maximum atomic E-state index is 13.1. The van der Waals surface area contributed by atoms with Gasteiger partial charge in [0, 0.05) is 43.8 Å². The van der Waals surface area contributed by atoms with Gasteiger partial charge in [0.15, 0.2) is 0 Å². The summed E-state index contributed by atoms with van der Waals surface area (Å²) in [5, 5.41) is 12.2. The van der Waals surface area contributed by atoms with Crippen molar-refractivity contribution in [3.8, 4) is 6.07 Å². The summed E-state index contributed by atoms with van der Waals surface area (Å²) in [6.45, 7) is 4.74. The van der Waals surface area contributed by atoms with Crippen LogP contribution in [0.2, 0.25) is 0 Å². The molecule has 1 amide bonds. The van der Waals surface area contributed by atoms with Gasteiger partial charge in [-0.3, -0.25) is 4.79 Å². The summed E-state index contributed by atoms with van der Waals surface area (Å²) in [4.78, 5) is 16.5. The molecule has 5 nitrogen and oxygen atoms in total. The number of carbonyl (C=O) groups excluding carboxylic acids is 1. The van der Waals surface area contributed by atoms with Gasteiger partial charge in [-0.1, -0.05) is 18.2 Å². The third-order valence-corrected chi connectivity index (χ3v) is 4.58. The van der Waals surface area contributed by atoms with Crippen molar-refractivity contribution in [2.24, 2.45) is 0 Å². The second-order valence-corrected chi connectivity index (χ2v) is 6.42. The fourth-order valence-electron chi connectivity index (χ4n) is 2.98. The molecule has 27 heavy (non-hydrogen) atoms. The number of nitriles is 1. The van der Waals surface area contributed by atoms with E-state index in [4.69, 9.17) is 0 Å². The van der Waals surface area contributed by atoms with Crippen LogP contribution in [0.5, 0.6) is 0 Å². The molecule has 0 spiro atoms. The zero-order valence-electron chi connectivity index (χ0n) is 15.2.